The Morgan fingerprint density at radius 3 is 2.46 bits per heavy atom. The van der Waals surface area contributed by atoms with Gasteiger partial charge in [-0.05, 0) is 42.0 Å². The summed E-state index contributed by atoms with van der Waals surface area (Å²) in [6.45, 7) is 0.187. The molecule has 0 fully saturated rings. The highest BCUT2D eigenvalue weighted by Gasteiger charge is 2.30. The molecule has 0 saturated heterocycles. The summed E-state index contributed by atoms with van der Waals surface area (Å²) in [7, 11) is 0. The Hall–Kier alpha value is -2.99. The number of nitrogens with two attached hydrogens (primary N) is 1. The van der Waals surface area contributed by atoms with Gasteiger partial charge in [-0.15, -0.1) is 0 Å². The lowest BCUT2D eigenvalue weighted by Gasteiger charge is -2.11. The maximum absolute atomic E-state index is 13.1. The van der Waals surface area contributed by atoms with Crippen LogP contribution in [0.3, 0.4) is 0 Å². The average molecular weight is 403 g/mol. The topological polar surface area (TPSA) is 48.0 Å². The molecular formula is C21H14ClF3N2O. The standard InChI is InChI=1S/C21H14ClF3N2O/c22-14-7-8-15-18(10-14)27(17-6-2-5-16(19(15)17)20(26)28)11-12-3-1-4-13(9-12)21(23,24)25/h1-10H,11H2,(H2,26,28). The van der Waals surface area contributed by atoms with E-state index >= 15 is 0 Å². The number of halogens is 4. The normalized spacial score (nSPS) is 12.0. The molecule has 0 radical (unpaired) electrons. The van der Waals surface area contributed by atoms with Crippen molar-refractivity contribution in [1.82, 2.24) is 4.57 Å². The van der Waals surface area contributed by atoms with Gasteiger partial charge in [0, 0.05) is 27.9 Å². The lowest BCUT2D eigenvalue weighted by molar-refractivity contribution is -0.137. The Balaban J connectivity index is 1.97. The van der Waals surface area contributed by atoms with Crippen LogP contribution >= 0.6 is 11.6 Å². The molecule has 0 unspecified atom stereocenters. The van der Waals surface area contributed by atoms with E-state index < -0.39 is 17.6 Å². The van der Waals surface area contributed by atoms with Crippen LogP contribution in [0.5, 0.6) is 0 Å². The second-order valence-corrected chi connectivity index (χ2v) is 6.95. The number of rotatable bonds is 3. The van der Waals surface area contributed by atoms with Crippen molar-refractivity contribution < 1.29 is 18.0 Å². The van der Waals surface area contributed by atoms with Crippen molar-refractivity contribution in [3.05, 3.63) is 82.4 Å². The van der Waals surface area contributed by atoms with E-state index in [0.29, 0.717) is 32.6 Å². The number of aromatic nitrogens is 1. The van der Waals surface area contributed by atoms with Crippen molar-refractivity contribution >= 4 is 39.3 Å². The van der Waals surface area contributed by atoms with Crippen LogP contribution in [-0.4, -0.2) is 10.5 Å². The van der Waals surface area contributed by atoms with Crippen molar-refractivity contribution in [3.8, 4) is 0 Å². The second kappa shape index (κ2) is 6.56. The number of alkyl halides is 3. The summed E-state index contributed by atoms with van der Waals surface area (Å²) >= 11 is 6.15. The molecule has 0 saturated carbocycles. The number of amides is 1. The molecule has 0 aliphatic heterocycles. The van der Waals surface area contributed by atoms with E-state index in [1.54, 1.807) is 36.4 Å². The molecule has 4 aromatic rings. The number of hydrogen-bond acceptors (Lipinski definition) is 1. The molecule has 1 aromatic heterocycles. The van der Waals surface area contributed by atoms with Gasteiger partial charge in [0.25, 0.3) is 0 Å². The molecule has 1 amide bonds. The van der Waals surface area contributed by atoms with E-state index in [4.69, 9.17) is 17.3 Å². The largest absolute Gasteiger partial charge is 0.416 e. The highest BCUT2D eigenvalue weighted by atomic mass is 35.5. The summed E-state index contributed by atoms with van der Waals surface area (Å²) in [6.07, 6.45) is -4.42. The summed E-state index contributed by atoms with van der Waals surface area (Å²) < 4.78 is 41.1. The number of benzene rings is 3. The van der Waals surface area contributed by atoms with Gasteiger partial charge in [0.2, 0.25) is 5.91 Å². The zero-order valence-electron chi connectivity index (χ0n) is 14.4. The minimum Gasteiger partial charge on any atom is -0.366 e. The fourth-order valence-corrected chi connectivity index (χ4v) is 3.69. The van der Waals surface area contributed by atoms with Crippen LogP contribution in [-0.2, 0) is 12.7 Å². The van der Waals surface area contributed by atoms with Gasteiger partial charge in [-0.3, -0.25) is 4.79 Å². The Morgan fingerprint density at radius 1 is 1.00 bits per heavy atom. The smallest absolute Gasteiger partial charge is 0.366 e. The van der Waals surface area contributed by atoms with Crippen molar-refractivity contribution in [1.29, 1.82) is 0 Å². The van der Waals surface area contributed by atoms with Gasteiger partial charge < -0.3 is 10.3 Å². The predicted molar refractivity (Wildman–Crippen MR) is 104 cm³/mol. The first kappa shape index (κ1) is 18.4. The molecule has 0 bridgehead atoms. The van der Waals surface area contributed by atoms with Crippen LogP contribution in [0.25, 0.3) is 21.8 Å². The molecule has 0 aliphatic rings. The third-order valence-electron chi connectivity index (χ3n) is 4.71. The van der Waals surface area contributed by atoms with E-state index in [0.717, 1.165) is 17.5 Å². The first-order valence-corrected chi connectivity index (χ1v) is 8.80. The molecule has 2 N–H and O–H groups in total. The summed E-state index contributed by atoms with van der Waals surface area (Å²) in [5.41, 5.74) is 7.08. The molecule has 3 nitrogen and oxygen atoms in total. The van der Waals surface area contributed by atoms with E-state index in [1.807, 2.05) is 10.6 Å². The minimum absolute atomic E-state index is 0.187. The predicted octanol–water partition coefficient (Wildman–Crippen LogP) is 5.61. The Morgan fingerprint density at radius 2 is 1.75 bits per heavy atom. The number of nitrogens with zero attached hydrogens (tertiary/aromatic N) is 1. The summed E-state index contributed by atoms with van der Waals surface area (Å²) in [5, 5.41) is 1.91. The highest BCUT2D eigenvalue weighted by Crippen LogP contribution is 2.35. The monoisotopic (exact) mass is 402 g/mol. The Labute approximate surface area is 163 Å². The first-order valence-electron chi connectivity index (χ1n) is 8.42. The maximum atomic E-state index is 13.1. The van der Waals surface area contributed by atoms with Crippen LogP contribution < -0.4 is 5.73 Å². The van der Waals surface area contributed by atoms with Gasteiger partial charge in [-0.2, -0.15) is 13.2 Å². The minimum atomic E-state index is -4.42. The Bertz CT molecular complexity index is 1230. The van der Waals surface area contributed by atoms with Crippen molar-refractivity contribution in [2.24, 2.45) is 5.73 Å². The van der Waals surface area contributed by atoms with Crippen LogP contribution in [0.1, 0.15) is 21.5 Å². The molecule has 3 aromatic carbocycles. The number of carbonyl (C=O) groups is 1. The molecule has 0 aliphatic carbocycles. The molecule has 4 rings (SSSR count). The lowest BCUT2D eigenvalue weighted by Crippen LogP contribution is -2.11. The van der Waals surface area contributed by atoms with E-state index in [2.05, 4.69) is 0 Å². The van der Waals surface area contributed by atoms with E-state index in [1.165, 1.54) is 6.07 Å². The average Bonchev–Trinajstić information content (AvgIpc) is 2.94. The zero-order valence-corrected chi connectivity index (χ0v) is 15.2. The fourth-order valence-electron chi connectivity index (χ4n) is 3.52. The highest BCUT2D eigenvalue weighted by molar-refractivity contribution is 6.32. The van der Waals surface area contributed by atoms with Gasteiger partial charge in [0.05, 0.1) is 16.6 Å². The van der Waals surface area contributed by atoms with Crippen LogP contribution in [0.15, 0.2) is 60.7 Å². The van der Waals surface area contributed by atoms with Gasteiger partial charge in [-0.1, -0.05) is 35.9 Å². The first-order chi connectivity index (χ1) is 13.3. The molecule has 0 atom stereocenters. The van der Waals surface area contributed by atoms with E-state index in [9.17, 15) is 18.0 Å². The SMILES string of the molecule is NC(=O)c1cccc2c1c1ccc(Cl)cc1n2Cc1cccc(C(F)(F)F)c1. The Kier molecular flexibility index (Phi) is 4.31. The molecule has 1 heterocycles. The van der Waals surface area contributed by atoms with Crippen LogP contribution in [0.2, 0.25) is 5.02 Å². The molecule has 0 spiro atoms. The van der Waals surface area contributed by atoms with Gasteiger partial charge in [-0.25, -0.2) is 0 Å². The quantitative estimate of drug-likeness (QED) is 0.475. The molecule has 142 valence electrons. The number of hydrogen-bond donors (Lipinski definition) is 1. The van der Waals surface area contributed by atoms with Crippen molar-refractivity contribution in [3.63, 3.8) is 0 Å². The number of carbonyl (C=O) groups excluding carboxylic acids is 1. The van der Waals surface area contributed by atoms with Gasteiger partial charge in [0.15, 0.2) is 0 Å². The van der Waals surface area contributed by atoms with Gasteiger partial charge >= 0.3 is 6.18 Å². The van der Waals surface area contributed by atoms with Crippen LogP contribution in [0, 0.1) is 0 Å². The number of fused-ring (bicyclic) bond motifs is 3. The molecule has 28 heavy (non-hydrogen) atoms. The van der Waals surface area contributed by atoms with Crippen LogP contribution in [0.4, 0.5) is 13.2 Å². The fraction of sp³-hybridized carbons (Fsp3) is 0.0952. The summed E-state index contributed by atoms with van der Waals surface area (Å²) in [4.78, 5) is 11.9. The third kappa shape index (κ3) is 3.10. The summed E-state index contributed by atoms with van der Waals surface area (Å²) in [6, 6.07) is 15.5. The summed E-state index contributed by atoms with van der Waals surface area (Å²) in [5.74, 6) is -0.571. The lowest BCUT2D eigenvalue weighted by atomic mass is 10.1. The third-order valence-corrected chi connectivity index (χ3v) is 4.95. The zero-order chi connectivity index (χ0) is 20.1. The molecular weight excluding hydrogens is 389 g/mol. The molecule has 7 heteroatoms. The van der Waals surface area contributed by atoms with E-state index in [-0.39, 0.29) is 6.54 Å². The maximum Gasteiger partial charge on any atom is 0.416 e. The number of primary amides is 1. The van der Waals surface area contributed by atoms with Crippen molar-refractivity contribution in [2.45, 2.75) is 12.7 Å². The second-order valence-electron chi connectivity index (χ2n) is 6.51. The van der Waals surface area contributed by atoms with Crippen molar-refractivity contribution in [2.75, 3.05) is 0 Å². The van der Waals surface area contributed by atoms with Gasteiger partial charge in [0.1, 0.15) is 0 Å².